The van der Waals surface area contributed by atoms with Crippen molar-refractivity contribution in [2.45, 2.75) is 71.6 Å². The predicted octanol–water partition coefficient (Wildman–Crippen LogP) is 6.78. The van der Waals surface area contributed by atoms with Crippen molar-refractivity contribution in [2.24, 2.45) is 5.41 Å². The molecule has 1 atom stereocenters. The number of ether oxygens (including phenoxy) is 1. The van der Waals surface area contributed by atoms with Gasteiger partial charge in [-0.15, -0.1) is 0 Å². The van der Waals surface area contributed by atoms with Gasteiger partial charge in [-0.1, -0.05) is 55.5 Å². The third-order valence-corrected chi connectivity index (χ3v) is 12.2. The standard InChI is InChI=1S/C39H44N6O6S2/c1-25-32(28-12-8-18-40-33(28)36(47)48)34(43-45(25)24-39(51-20-21-53(4,49)50)17-9-16-38(2,3)23-39)44-19-15-26-10-7-11-27(29(26)22-44)35(46)42-37-41-30-13-5-6-14-31(30)52-37/h5-8,10-14,18H,9,15-17,19-24H2,1-4H3,(H,47,48)(H,41,42,46). The molecule has 7 rings (SSSR count). The van der Waals surface area contributed by atoms with Gasteiger partial charge in [0.25, 0.3) is 5.91 Å². The molecule has 278 valence electrons. The molecule has 14 heteroatoms. The highest BCUT2D eigenvalue weighted by Crippen LogP contribution is 2.45. The molecular formula is C39H44N6O6S2. The molecule has 1 unspecified atom stereocenters. The van der Waals surface area contributed by atoms with Crippen molar-refractivity contribution < 1.29 is 27.9 Å². The van der Waals surface area contributed by atoms with Crippen molar-refractivity contribution >= 4 is 54.2 Å². The summed E-state index contributed by atoms with van der Waals surface area (Å²) in [5.41, 5.74) is 4.35. The van der Waals surface area contributed by atoms with E-state index in [0.29, 0.717) is 60.1 Å². The summed E-state index contributed by atoms with van der Waals surface area (Å²) < 4.78 is 33.6. The van der Waals surface area contributed by atoms with Crippen LogP contribution in [0.5, 0.6) is 0 Å². The minimum Gasteiger partial charge on any atom is -0.476 e. The van der Waals surface area contributed by atoms with Gasteiger partial charge in [-0.25, -0.2) is 23.2 Å². The fraction of sp³-hybridized carbons (Fsp3) is 0.410. The van der Waals surface area contributed by atoms with E-state index >= 15 is 0 Å². The van der Waals surface area contributed by atoms with E-state index in [0.717, 1.165) is 46.3 Å². The van der Waals surface area contributed by atoms with Crippen LogP contribution in [-0.2, 0) is 34.1 Å². The zero-order chi connectivity index (χ0) is 37.5. The van der Waals surface area contributed by atoms with E-state index in [9.17, 15) is 23.1 Å². The van der Waals surface area contributed by atoms with E-state index in [2.05, 4.69) is 34.0 Å². The van der Waals surface area contributed by atoms with Gasteiger partial charge in [0.2, 0.25) is 0 Å². The molecule has 4 heterocycles. The summed E-state index contributed by atoms with van der Waals surface area (Å²) >= 11 is 1.42. The molecule has 0 radical (unpaired) electrons. The third kappa shape index (κ3) is 7.85. The lowest BCUT2D eigenvalue weighted by Gasteiger charge is -2.45. The van der Waals surface area contributed by atoms with E-state index in [4.69, 9.17) is 9.84 Å². The fourth-order valence-electron chi connectivity index (χ4n) is 7.99. The van der Waals surface area contributed by atoms with Gasteiger partial charge >= 0.3 is 5.97 Å². The molecular weight excluding hydrogens is 713 g/mol. The van der Waals surface area contributed by atoms with Crippen LogP contribution in [0.15, 0.2) is 60.8 Å². The van der Waals surface area contributed by atoms with E-state index in [1.807, 2.05) is 54.1 Å². The second-order valence-electron chi connectivity index (χ2n) is 15.1. The number of carbonyl (C=O) groups is 2. The summed E-state index contributed by atoms with van der Waals surface area (Å²) in [7, 11) is -3.23. The van der Waals surface area contributed by atoms with Crippen LogP contribution in [0.4, 0.5) is 10.9 Å². The summed E-state index contributed by atoms with van der Waals surface area (Å²) in [5.74, 6) is -0.889. The number of benzene rings is 2. The van der Waals surface area contributed by atoms with Crippen LogP contribution < -0.4 is 10.2 Å². The number of hydrogen-bond donors (Lipinski definition) is 2. The molecule has 1 amide bonds. The molecule has 1 fully saturated rings. The van der Waals surface area contributed by atoms with Crippen molar-refractivity contribution in [3.8, 4) is 11.1 Å². The number of fused-ring (bicyclic) bond motifs is 2. The predicted molar refractivity (Wildman–Crippen MR) is 207 cm³/mol. The Morgan fingerprint density at radius 1 is 1.08 bits per heavy atom. The largest absolute Gasteiger partial charge is 0.476 e. The van der Waals surface area contributed by atoms with Crippen LogP contribution in [-0.4, -0.2) is 75.9 Å². The molecule has 1 aliphatic heterocycles. The number of nitrogens with zero attached hydrogens (tertiary/aromatic N) is 5. The van der Waals surface area contributed by atoms with Crippen molar-refractivity contribution in [1.29, 1.82) is 0 Å². The van der Waals surface area contributed by atoms with Gasteiger partial charge in [-0.05, 0) is 79.8 Å². The Morgan fingerprint density at radius 2 is 1.89 bits per heavy atom. The van der Waals surface area contributed by atoms with Crippen LogP contribution in [0.1, 0.15) is 77.2 Å². The number of anilines is 2. The molecule has 5 aromatic rings. The number of hydrogen-bond acceptors (Lipinski definition) is 10. The molecule has 0 spiro atoms. The van der Waals surface area contributed by atoms with Gasteiger partial charge in [0, 0.05) is 47.9 Å². The Labute approximate surface area is 313 Å². The van der Waals surface area contributed by atoms with Crippen molar-refractivity contribution in [1.82, 2.24) is 19.7 Å². The summed E-state index contributed by atoms with van der Waals surface area (Å²) in [6, 6.07) is 17.0. The van der Waals surface area contributed by atoms with Crippen LogP contribution in [0.2, 0.25) is 0 Å². The minimum absolute atomic E-state index is 0.0329. The molecule has 2 aliphatic rings. The molecule has 2 aromatic carbocycles. The van der Waals surface area contributed by atoms with Gasteiger partial charge in [0.15, 0.2) is 16.6 Å². The van der Waals surface area contributed by atoms with E-state index < -0.39 is 21.4 Å². The lowest BCUT2D eigenvalue weighted by atomic mass is 9.69. The maximum absolute atomic E-state index is 13.8. The lowest BCUT2D eigenvalue weighted by molar-refractivity contribution is -0.105. The topological polar surface area (TPSA) is 157 Å². The highest BCUT2D eigenvalue weighted by atomic mass is 32.2. The molecule has 3 aromatic heterocycles. The third-order valence-electron chi connectivity index (χ3n) is 10.4. The number of thiazole rings is 1. The number of aromatic nitrogens is 4. The summed E-state index contributed by atoms with van der Waals surface area (Å²) in [6.45, 7) is 7.74. The first-order valence-corrected chi connectivity index (χ1v) is 20.7. The van der Waals surface area contributed by atoms with Crippen molar-refractivity contribution in [3.05, 3.63) is 88.9 Å². The number of nitrogens with one attached hydrogen (secondary N) is 1. The minimum atomic E-state index is -3.23. The maximum atomic E-state index is 13.8. The first-order valence-electron chi connectivity index (χ1n) is 17.8. The SMILES string of the molecule is Cc1c(-c2cccnc2C(=O)O)c(N2CCc3cccc(C(=O)Nc4nc5ccccc5s4)c3C2)nn1CC1(OCCS(C)(=O)=O)CCCC(C)(C)C1. The van der Waals surface area contributed by atoms with Crippen LogP contribution >= 0.6 is 11.3 Å². The number of rotatable bonds is 11. The second-order valence-corrected chi connectivity index (χ2v) is 18.3. The Morgan fingerprint density at radius 3 is 2.64 bits per heavy atom. The number of carboxylic acid groups (broad SMARTS) is 1. The van der Waals surface area contributed by atoms with Gasteiger partial charge in [-0.2, -0.15) is 5.10 Å². The normalized spacial score (nSPS) is 18.5. The Balaban J connectivity index is 1.27. The smallest absolute Gasteiger partial charge is 0.355 e. The summed E-state index contributed by atoms with van der Waals surface area (Å²) in [6.07, 6.45) is 6.72. The Hall–Kier alpha value is -4.66. The number of carbonyl (C=O) groups excluding carboxylic acids is 1. The average Bonchev–Trinajstić information content (AvgIpc) is 3.66. The van der Waals surface area contributed by atoms with Gasteiger partial charge in [0.1, 0.15) is 9.84 Å². The average molecular weight is 757 g/mol. The second kappa shape index (κ2) is 14.3. The number of amides is 1. The molecule has 1 saturated carbocycles. The zero-order valence-corrected chi connectivity index (χ0v) is 32.0. The van der Waals surface area contributed by atoms with Gasteiger partial charge in [-0.3, -0.25) is 14.8 Å². The Bertz CT molecular complexity index is 2280. The van der Waals surface area contributed by atoms with Crippen LogP contribution in [0.25, 0.3) is 21.3 Å². The first kappa shape index (κ1) is 36.7. The van der Waals surface area contributed by atoms with Crippen LogP contribution in [0, 0.1) is 12.3 Å². The van der Waals surface area contributed by atoms with Crippen molar-refractivity contribution in [2.75, 3.05) is 35.4 Å². The highest BCUT2D eigenvalue weighted by molar-refractivity contribution is 7.90. The maximum Gasteiger partial charge on any atom is 0.355 e. The molecule has 1 aliphatic carbocycles. The van der Waals surface area contributed by atoms with Gasteiger partial charge < -0.3 is 14.7 Å². The highest BCUT2D eigenvalue weighted by Gasteiger charge is 2.43. The van der Waals surface area contributed by atoms with E-state index in [-0.39, 0.29) is 29.4 Å². The van der Waals surface area contributed by atoms with Crippen molar-refractivity contribution in [3.63, 3.8) is 0 Å². The molecule has 12 nitrogen and oxygen atoms in total. The fourth-order valence-corrected chi connectivity index (χ4v) is 9.23. The van der Waals surface area contributed by atoms with Gasteiger partial charge in [0.05, 0.1) is 34.7 Å². The molecule has 0 bridgehead atoms. The van der Waals surface area contributed by atoms with E-state index in [1.165, 1.54) is 23.8 Å². The number of aromatic carboxylic acids is 1. The molecule has 2 N–H and O–H groups in total. The zero-order valence-electron chi connectivity index (χ0n) is 30.4. The van der Waals surface area contributed by atoms with Crippen LogP contribution in [0.3, 0.4) is 0 Å². The number of carboxylic acids is 1. The quantitative estimate of drug-likeness (QED) is 0.147. The summed E-state index contributed by atoms with van der Waals surface area (Å²) in [5, 5.41) is 19.0. The number of pyridine rings is 1. The lowest BCUT2D eigenvalue weighted by Crippen LogP contribution is -2.46. The molecule has 53 heavy (non-hydrogen) atoms. The van der Waals surface area contributed by atoms with E-state index in [1.54, 1.807) is 12.1 Å². The first-order chi connectivity index (χ1) is 25.2. The number of para-hydroxylation sites is 1. The Kier molecular flexibility index (Phi) is 9.89. The monoisotopic (exact) mass is 756 g/mol. The number of sulfone groups is 1. The summed E-state index contributed by atoms with van der Waals surface area (Å²) in [4.78, 5) is 37.3. The molecule has 0 saturated heterocycles.